The van der Waals surface area contributed by atoms with Gasteiger partial charge in [-0.2, -0.15) is 0 Å². The zero-order valence-electron chi connectivity index (χ0n) is 22.7. The van der Waals surface area contributed by atoms with Crippen molar-refractivity contribution in [1.82, 2.24) is 4.98 Å². The number of halogens is 2. The Kier molecular flexibility index (Phi) is 8.01. The first-order valence-electron chi connectivity index (χ1n) is 13.4. The number of amides is 3. The van der Waals surface area contributed by atoms with Crippen molar-refractivity contribution in [3.8, 4) is 17.2 Å². The maximum absolute atomic E-state index is 15.1. The van der Waals surface area contributed by atoms with E-state index in [1.54, 1.807) is 6.07 Å². The molecule has 4 aromatic rings. The van der Waals surface area contributed by atoms with Crippen LogP contribution in [-0.2, 0) is 9.59 Å². The van der Waals surface area contributed by atoms with Gasteiger partial charge in [0.15, 0.2) is 11.6 Å². The summed E-state index contributed by atoms with van der Waals surface area (Å²) in [6.07, 6.45) is 3.84. The monoisotopic (exact) mass is 574 g/mol. The number of anilines is 2. The van der Waals surface area contributed by atoms with Crippen molar-refractivity contribution in [2.24, 2.45) is 11.1 Å². The summed E-state index contributed by atoms with van der Waals surface area (Å²) in [5.41, 5.74) is 5.38. The van der Waals surface area contributed by atoms with Gasteiger partial charge in [0.1, 0.15) is 22.7 Å². The number of aromatic nitrogens is 1. The zero-order valence-corrected chi connectivity index (χ0v) is 22.7. The Morgan fingerprint density at radius 3 is 2.24 bits per heavy atom. The van der Waals surface area contributed by atoms with Crippen molar-refractivity contribution in [2.45, 2.75) is 32.6 Å². The molecule has 1 saturated carbocycles. The van der Waals surface area contributed by atoms with Gasteiger partial charge in [0.25, 0.3) is 5.91 Å². The summed E-state index contributed by atoms with van der Waals surface area (Å²) < 4.78 is 39.9. The molecule has 0 bridgehead atoms. The second kappa shape index (κ2) is 11.8. The highest BCUT2D eigenvalue weighted by atomic mass is 19.1. The maximum atomic E-state index is 15.1. The molecule has 0 saturated heterocycles. The van der Waals surface area contributed by atoms with E-state index in [-0.39, 0.29) is 22.7 Å². The van der Waals surface area contributed by atoms with Crippen molar-refractivity contribution < 1.29 is 32.6 Å². The summed E-state index contributed by atoms with van der Waals surface area (Å²) in [6, 6.07) is 13.7. The molecule has 0 radical (unpaired) electrons. The van der Waals surface area contributed by atoms with E-state index in [1.807, 2.05) is 6.92 Å². The number of nitrogens with one attached hydrogen (secondary N) is 2. The van der Waals surface area contributed by atoms with Crippen LogP contribution in [0.2, 0.25) is 0 Å². The third-order valence-corrected chi connectivity index (χ3v) is 6.95. The SMILES string of the molecule is CCCCOc1cc2nccc(Oc3ccc(NC(=O)C4(C(=O)Nc5ccc(F)cc5)CC4)cc3F)c2cc1C(N)=O. The average Bonchev–Trinajstić information content (AvgIpc) is 3.78. The molecule has 1 aromatic heterocycles. The highest BCUT2D eigenvalue weighted by Gasteiger charge is 2.56. The van der Waals surface area contributed by atoms with Crippen LogP contribution in [0, 0.1) is 17.0 Å². The fourth-order valence-corrected chi connectivity index (χ4v) is 4.37. The van der Waals surface area contributed by atoms with Crippen LogP contribution in [0.25, 0.3) is 10.9 Å². The highest BCUT2D eigenvalue weighted by molar-refractivity contribution is 6.17. The minimum Gasteiger partial charge on any atom is -0.493 e. The van der Waals surface area contributed by atoms with Crippen LogP contribution in [-0.4, -0.2) is 29.3 Å². The van der Waals surface area contributed by atoms with E-state index in [0.29, 0.717) is 41.8 Å². The van der Waals surface area contributed by atoms with Gasteiger partial charge >= 0.3 is 0 Å². The molecule has 5 rings (SSSR count). The normalized spacial score (nSPS) is 13.3. The molecule has 0 spiro atoms. The molecule has 3 aromatic carbocycles. The lowest BCUT2D eigenvalue weighted by atomic mass is 10.0. The van der Waals surface area contributed by atoms with Gasteiger partial charge in [-0.05, 0) is 67.8 Å². The summed E-state index contributed by atoms with van der Waals surface area (Å²) in [5.74, 6) is -2.61. The number of primary amides is 1. The fourth-order valence-electron chi connectivity index (χ4n) is 4.37. The quantitative estimate of drug-likeness (QED) is 0.150. The number of unbranched alkanes of at least 4 members (excludes halogenated alkanes) is 1. The summed E-state index contributed by atoms with van der Waals surface area (Å²) >= 11 is 0. The van der Waals surface area contributed by atoms with E-state index in [9.17, 15) is 18.8 Å². The Morgan fingerprint density at radius 1 is 0.905 bits per heavy atom. The van der Waals surface area contributed by atoms with E-state index in [2.05, 4.69) is 15.6 Å². The molecule has 1 fully saturated rings. The van der Waals surface area contributed by atoms with Gasteiger partial charge in [-0.3, -0.25) is 19.4 Å². The van der Waals surface area contributed by atoms with Crippen molar-refractivity contribution in [2.75, 3.05) is 17.2 Å². The molecule has 1 aliphatic rings. The zero-order chi connectivity index (χ0) is 29.9. The van der Waals surface area contributed by atoms with Crippen LogP contribution in [0.3, 0.4) is 0 Å². The smallest absolute Gasteiger partial charge is 0.252 e. The van der Waals surface area contributed by atoms with Gasteiger partial charge < -0.3 is 25.8 Å². The summed E-state index contributed by atoms with van der Waals surface area (Å²) in [5, 5.41) is 5.65. The number of nitrogens with two attached hydrogens (primary N) is 1. The van der Waals surface area contributed by atoms with Gasteiger partial charge in [-0.1, -0.05) is 13.3 Å². The molecule has 4 N–H and O–H groups in total. The molecule has 11 heteroatoms. The summed E-state index contributed by atoms with van der Waals surface area (Å²) in [4.78, 5) is 42.2. The minimum atomic E-state index is -1.30. The van der Waals surface area contributed by atoms with Crippen molar-refractivity contribution >= 4 is 40.0 Å². The number of ether oxygens (including phenoxy) is 2. The summed E-state index contributed by atoms with van der Waals surface area (Å²) in [7, 11) is 0. The number of carbonyl (C=O) groups is 3. The van der Waals surface area contributed by atoms with Crippen LogP contribution in [0.5, 0.6) is 17.2 Å². The lowest BCUT2D eigenvalue weighted by Gasteiger charge is -2.16. The van der Waals surface area contributed by atoms with E-state index < -0.39 is 34.8 Å². The van der Waals surface area contributed by atoms with Crippen LogP contribution in [0.15, 0.2) is 66.9 Å². The van der Waals surface area contributed by atoms with Crippen molar-refractivity contribution in [3.63, 3.8) is 0 Å². The van der Waals surface area contributed by atoms with E-state index >= 15 is 4.39 Å². The molecule has 1 heterocycles. The topological polar surface area (TPSA) is 133 Å². The number of hydrogen-bond donors (Lipinski definition) is 3. The van der Waals surface area contributed by atoms with E-state index in [0.717, 1.165) is 18.9 Å². The number of benzene rings is 3. The Balaban J connectivity index is 1.31. The van der Waals surface area contributed by atoms with E-state index in [1.165, 1.54) is 54.7 Å². The lowest BCUT2D eigenvalue weighted by Crippen LogP contribution is -2.35. The maximum Gasteiger partial charge on any atom is 0.252 e. The Labute approximate surface area is 240 Å². The third kappa shape index (κ3) is 5.99. The number of hydrogen-bond acceptors (Lipinski definition) is 6. The number of rotatable bonds is 11. The molecule has 0 atom stereocenters. The van der Waals surface area contributed by atoms with Crippen LogP contribution >= 0.6 is 0 Å². The molecular formula is C31H28F2N4O5. The minimum absolute atomic E-state index is 0.134. The highest BCUT2D eigenvalue weighted by Crippen LogP contribution is 2.47. The number of carbonyl (C=O) groups excluding carboxylic acids is 3. The number of nitrogens with zero attached hydrogens (tertiary/aromatic N) is 1. The third-order valence-electron chi connectivity index (χ3n) is 6.95. The van der Waals surface area contributed by atoms with Gasteiger partial charge in [0.2, 0.25) is 11.8 Å². The van der Waals surface area contributed by atoms with Gasteiger partial charge in [-0.15, -0.1) is 0 Å². The molecule has 216 valence electrons. The average molecular weight is 575 g/mol. The number of fused-ring (bicyclic) bond motifs is 1. The van der Waals surface area contributed by atoms with Crippen LogP contribution in [0.1, 0.15) is 43.0 Å². The second-order valence-corrected chi connectivity index (χ2v) is 9.99. The first kappa shape index (κ1) is 28.5. The molecule has 3 amide bonds. The standard InChI is InChI=1S/C31H28F2N4O5/c1-2-3-14-41-27-17-24-21(16-22(27)28(34)38)25(10-13-35-24)42-26-9-8-20(15-23(26)33)37-30(40)31(11-12-31)29(39)36-19-6-4-18(32)5-7-19/h4-10,13,15-17H,2-3,11-12,14H2,1H3,(H2,34,38)(H,36,39)(H,37,40). The molecule has 0 aliphatic heterocycles. The molecular weight excluding hydrogens is 546 g/mol. The van der Waals surface area contributed by atoms with Crippen LogP contribution in [0.4, 0.5) is 20.2 Å². The van der Waals surface area contributed by atoms with Gasteiger partial charge in [0.05, 0.1) is 17.7 Å². The van der Waals surface area contributed by atoms with Gasteiger partial charge in [-0.25, -0.2) is 8.78 Å². The lowest BCUT2D eigenvalue weighted by molar-refractivity contribution is -0.131. The van der Waals surface area contributed by atoms with Crippen LogP contribution < -0.4 is 25.8 Å². The first-order chi connectivity index (χ1) is 20.2. The Bertz CT molecular complexity index is 1670. The number of pyridine rings is 1. The predicted molar refractivity (Wildman–Crippen MR) is 152 cm³/mol. The molecule has 9 nitrogen and oxygen atoms in total. The summed E-state index contributed by atoms with van der Waals surface area (Å²) in [6.45, 7) is 2.43. The second-order valence-electron chi connectivity index (χ2n) is 9.99. The molecule has 1 aliphatic carbocycles. The van der Waals surface area contributed by atoms with Gasteiger partial charge in [0, 0.05) is 35.1 Å². The Morgan fingerprint density at radius 2 is 1.60 bits per heavy atom. The first-order valence-corrected chi connectivity index (χ1v) is 13.4. The van der Waals surface area contributed by atoms with Crippen molar-refractivity contribution in [3.05, 3.63) is 84.1 Å². The van der Waals surface area contributed by atoms with E-state index in [4.69, 9.17) is 15.2 Å². The fraction of sp³-hybridized carbons (Fsp3) is 0.226. The largest absolute Gasteiger partial charge is 0.493 e. The van der Waals surface area contributed by atoms with Crippen molar-refractivity contribution in [1.29, 1.82) is 0 Å². The predicted octanol–water partition coefficient (Wildman–Crippen LogP) is 5.94. The molecule has 42 heavy (non-hydrogen) atoms. The Hall–Kier alpha value is -5.06. The molecule has 0 unspecified atom stereocenters.